The first-order valence-corrected chi connectivity index (χ1v) is 7.16. The number of carbonyl (C=O) groups is 2. The molecule has 10 heteroatoms. The molecule has 2 heterocycles. The molecule has 0 bridgehead atoms. The molecule has 6 nitrogen and oxygen atoms in total. The fraction of sp³-hybridized carbons (Fsp3) is 0.500. The van der Waals surface area contributed by atoms with E-state index in [-0.39, 0.29) is 6.61 Å². The van der Waals surface area contributed by atoms with Gasteiger partial charge in [-0.3, -0.25) is 4.79 Å². The SMILES string of the molecule is CCOC(=O)[C@H]1[C@@H](c2cccs2)NC(=O)N[C@@]1(O)C(F)(F)F. The Hall–Kier alpha value is -1.81. The highest BCUT2D eigenvalue weighted by molar-refractivity contribution is 7.10. The van der Waals surface area contributed by atoms with E-state index in [0.29, 0.717) is 4.88 Å². The monoisotopic (exact) mass is 338 g/mol. The molecule has 1 aliphatic rings. The van der Waals surface area contributed by atoms with Crippen LogP contribution in [0.3, 0.4) is 0 Å². The molecule has 1 fully saturated rings. The first-order chi connectivity index (χ1) is 10.2. The molecule has 1 aliphatic heterocycles. The molecule has 3 atom stereocenters. The normalized spacial score (nSPS) is 28.7. The molecule has 0 spiro atoms. The molecule has 3 N–H and O–H groups in total. The van der Waals surface area contributed by atoms with Crippen LogP contribution in [0.15, 0.2) is 17.5 Å². The zero-order chi connectivity index (χ0) is 16.5. The van der Waals surface area contributed by atoms with Crippen LogP contribution in [-0.4, -0.2) is 35.6 Å². The van der Waals surface area contributed by atoms with Crippen LogP contribution in [0.1, 0.15) is 17.8 Å². The minimum absolute atomic E-state index is 0.158. The lowest BCUT2D eigenvalue weighted by Crippen LogP contribution is -2.73. The van der Waals surface area contributed by atoms with Crippen molar-refractivity contribution in [2.45, 2.75) is 24.9 Å². The second-order valence-corrected chi connectivity index (χ2v) is 5.56. The predicted octanol–water partition coefficient (Wildman–Crippen LogP) is 1.53. The highest BCUT2D eigenvalue weighted by atomic mass is 32.1. The number of esters is 1. The number of halogens is 3. The van der Waals surface area contributed by atoms with Gasteiger partial charge in [0, 0.05) is 4.88 Å². The lowest BCUT2D eigenvalue weighted by atomic mass is 9.84. The third kappa shape index (κ3) is 2.75. The zero-order valence-corrected chi connectivity index (χ0v) is 12.1. The number of amides is 2. The summed E-state index contributed by atoms with van der Waals surface area (Å²) in [7, 11) is 0. The summed E-state index contributed by atoms with van der Waals surface area (Å²) >= 11 is 1.05. The van der Waals surface area contributed by atoms with E-state index in [9.17, 15) is 27.9 Å². The van der Waals surface area contributed by atoms with Crippen molar-refractivity contribution >= 4 is 23.3 Å². The topological polar surface area (TPSA) is 87.7 Å². The Labute approximate surface area is 127 Å². The third-order valence-corrected chi connectivity index (χ3v) is 4.15. The molecule has 0 aliphatic carbocycles. The van der Waals surface area contributed by atoms with E-state index < -0.39 is 35.9 Å². The summed E-state index contributed by atoms with van der Waals surface area (Å²) in [6, 6.07) is 0.450. The van der Waals surface area contributed by atoms with Crippen LogP contribution >= 0.6 is 11.3 Å². The molecule has 22 heavy (non-hydrogen) atoms. The van der Waals surface area contributed by atoms with Crippen LogP contribution < -0.4 is 10.6 Å². The molecule has 1 saturated heterocycles. The Bertz CT molecular complexity index is 563. The van der Waals surface area contributed by atoms with Gasteiger partial charge in [-0.15, -0.1) is 11.3 Å². The number of hydrogen-bond donors (Lipinski definition) is 3. The largest absolute Gasteiger partial charge is 0.466 e. The summed E-state index contributed by atoms with van der Waals surface area (Å²) in [5.74, 6) is -3.32. The van der Waals surface area contributed by atoms with Gasteiger partial charge in [0.2, 0.25) is 0 Å². The van der Waals surface area contributed by atoms with E-state index >= 15 is 0 Å². The molecule has 1 aromatic heterocycles. The van der Waals surface area contributed by atoms with Gasteiger partial charge in [0.05, 0.1) is 12.6 Å². The van der Waals surface area contributed by atoms with E-state index in [1.165, 1.54) is 18.3 Å². The smallest absolute Gasteiger partial charge is 0.437 e. The number of urea groups is 1. The average Bonchev–Trinajstić information content (AvgIpc) is 2.90. The number of rotatable bonds is 3. The molecular weight excluding hydrogens is 325 g/mol. The molecule has 122 valence electrons. The van der Waals surface area contributed by atoms with Crippen LogP contribution in [0.4, 0.5) is 18.0 Å². The number of thiophene rings is 1. The van der Waals surface area contributed by atoms with Gasteiger partial charge in [-0.05, 0) is 18.4 Å². The van der Waals surface area contributed by atoms with Crippen LogP contribution in [0, 0.1) is 5.92 Å². The maximum absolute atomic E-state index is 13.3. The van der Waals surface area contributed by atoms with Gasteiger partial charge in [0.15, 0.2) is 0 Å². The predicted molar refractivity (Wildman–Crippen MR) is 69.9 cm³/mol. The maximum atomic E-state index is 13.3. The Morgan fingerprint density at radius 1 is 1.55 bits per heavy atom. The maximum Gasteiger partial charge on any atom is 0.437 e. The average molecular weight is 338 g/mol. The van der Waals surface area contributed by atoms with Crippen molar-refractivity contribution in [2.75, 3.05) is 6.61 Å². The molecular formula is C12H13F3N2O4S. The van der Waals surface area contributed by atoms with Crippen molar-refractivity contribution in [3.8, 4) is 0 Å². The van der Waals surface area contributed by atoms with Gasteiger partial charge in [-0.2, -0.15) is 13.2 Å². The number of carbonyl (C=O) groups excluding carboxylic acids is 2. The summed E-state index contributed by atoms with van der Waals surface area (Å²) in [5, 5.41) is 15.2. The summed E-state index contributed by atoms with van der Waals surface area (Å²) < 4.78 is 44.5. The fourth-order valence-electron chi connectivity index (χ4n) is 2.24. The summed E-state index contributed by atoms with van der Waals surface area (Å²) in [4.78, 5) is 23.8. The molecule has 2 amide bonds. The molecule has 0 radical (unpaired) electrons. The lowest BCUT2D eigenvalue weighted by Gasteiger charge is -2.43. The van der Waals surface area contributed by atoms with Gasteiger partial charge < -0.3 is 20.5 Å². The van der Waals surface area contributed by atoms with Crippen molar-refractivity contribution in [3.63, 3.8) is 0 Å². The Balaban J connectivity index is 2.51. The van der Waals surface area contributed by atoms with Crippen LogP contribution in [0.5, 0.6) is 0 Å². The zero-order valence-electron chi connectivity index (χ0n) is 11.3. The van der Waals surface area contributed by atoms with E-state index in [1.807, 2.05) is 0 Å². The van der Waals surface area contributed by atoms with E-state index in [2.05, 4.69) is 10.1 Å². The van der Waals surface area contributed by atoms with E-state index in [1.54, 1.807) is 11.4 Å². The van der Waals surface area contributed by atoms with Gasteiger partial charge >= 0.3 is 18.2 Å². The number of ether oxygens (including phenoxy) is 1. The molecule has 1 aromatic rings. The van der Waals surface area contributed by atoms with Gasteiger partial charge in [0.1, 0.15) is 5.92 Å². The number of hydrogen-bond acceptors (Lipinski definition) is 5. The first-order valence-electron chi connectivity index (χ1n) is 6.28. The van der Waals surface area contributed by atoms with Crippen LogP contribution in [-0.2, 0) is 9.53 Å². The second-order valence-electron chi connectivity index (χ2n) is 4.59. The van der Waals surface area contributed by atoms with Crippen molar-refractivity contribution < 1.29 is 32.6 Å². The minimum atomic E-state index is -5.25. The first kappa shape index (κ1) is 16.6. The highest BCUT2D eigenvalue weighted by Gasteiger charge is 2.67. The number of alkyl halides is 3. The molecule has 0 saturated carbocycles. The molecule has 2 rings (SSSR count). The van der Waals surface area contributed by atoms with Crippen molar-refractivity contribution in [3.05, 3.63) is 22.4 Å². The Morgan fingerprint density at radius 2 is 2.23 bits per heavy atom. The van der Waals surface area contributed by atoms with Crippen molar-refractivity contribution in [1.29, 1.82) is 0 Å². The lowest BCUT2D eigenvalue weighted by molar-refractivity contribution is -0.294. The molecule has 0 unspecified atom stereocenters. The summed E-state index contributed by atoms with van der Waals surface area (Å²) in [5.41, 5.74) is -3.71. The number of aliphatic hydroxyl groups is 1. The van der Waals surface area contributed by atoms with Crippen molar-refractivity contribution in [1.82, 2.24) is 10.6 Å². The third-order valence-electron chi connectivity index (χ3n) is 3.20. The quantitative estimate of drug-likeness (QED) is 0.730. The van der Waals surface area contributed by atoms with Gasteiger partial charge in [0.25, 0.3) is 5.72 Å². The van der Waals surface area contributed by atoms with E-state index in [4.69, 9.17) is 0 Å². The van der Waals surface area contributed by atoms with Gasteiger partial charge in [-0.1, -0.05) is 6.07 Å². The Kier molecular flexibility index (Phi) is 4.34. The Morgan fingerprint density at radius 3 is 2.73 bits per heavy atom. The summed E-state index contributed by atoms with van der Waals surface area (Å²) in [6.07, 6.45) is -5.25. The summed E-state index contributed by atoms with van der Waals surface area (Å²) in [6.45, 7) is 1.27. The van der Waals surface area contributed by atoms with Gasteiger partial charge in [-0.25, -0.2) is 4.79 Å². The van der Waals surface area contributed by atoms with Crippen molar-refractivity contribution in [2.24, 2.45) is 5.92 Å². The highest BCUT2D eigenvalue weighted by Crippen LogP contribution is 2.43. The van der Waals surface area contributed by atoms with Crippen LogP contribution in [0.25, 0.3) is 0 Å². The molecule has 0 aromatic carbocycles. The standard InChI is InChI=1S/C12H13F3N2O4S/c1-2-21-9(18)7-8(6-4-3-5-22-6)16-10(19)17-11(7,20)12(13,14)15/h3-5,7-8,20H,2H2,1H3,(H2,16,17,19)/t7-,8-,11+/m1/s1. The number of nitrogens with one attached hydrogen (secondary N) is 2. The van der Waals surface area contributed by atoms with Crippen LogP contribution in [0.2, 0.25) is 0 Å². The van der Waals surface area contributed by atoms with E-state index in [0.717, 1.165) is 11.3 Å². The second kappa shape index (κ2) is 5.76. The minimum Gasteiger partial charge on any atom is -0.466 e. The fourth-order valence-corrected chi connectivity index (χ4v) is 3.06.